The predicted octanol–water partition coefficient (Wildman–Crippen LogP) is 3.34. The van der Waals surface area contributed by atoms with Gasteiger partial charge in [-0.2, -0.15) is 5.10 Å². The number of hydrazone groups is 1. The molecule has 3 aliphatic rings. The molecule has 0 aromatic heterocycles. The number of ether oxygens (including phenoxy) is 3. The van der Waals surface area contributed by atoms with E-state index in [9.17, 15) is 4.79 Å². The molecule has 0 saturated heterocycles. The molecule has 2 aromatic carbocycles. The summed E-state index contributed by atoms with van der Waals surface area (Å²) in [5.41, 5.74) is 4.33. The van der Waals surface area contributed by atoms with Gasteiger partial charge in [0.2, 0.25) is 5.91 Å². The van der Waals surface area contributed by atoms with E-state index in [1.54, 1.807) is 19.0 Å². The lowest BCUT2D eigenvalue weighted by Gasteiger charge is -2.30. The van der Waals surface area contributed by atoms with E-state index >= 15 is 0 Å². The first kappa shape index (κ1) is 17.1. The van der Waals surface area contributed by atoms with Crippen LogP contribution in [0.25, 0.3) is 0 Å². The molecule has 0 N–H and O–H groups in total. The maximum absolute atomic E-state index is 12.4. The Balaban J connectivity index is 1.58. The normalized spacial score (nSPS) is 22.2. The van der Waals surface area contributed by atoms with Gasteiger partial charge in [0.15, 0.2) is 11.5 Å². The third kappa shape index (κ3) is 2.63. The zero-order chi connectivity index (χ0) is 19.3. The Kier molecular flexibility index (Phi) is 4.00. The van der Waals surface area contributed by atoms with Crippen LogP contribution in [0.5, 0.6) is 17.2 Å². The van der Waals surface area contributed by atoms with E-state index in [2.05, 4.69) is 6.07 Å². The largest absolute Gasteiger partial charge is 0.497 e. The van der Waals surface area contributed by atoms with E-state index in [-0.39, 0.29) is 17.9 Å². The van der Waals surface area contributed by atoms with Crippen molar-refractivity contribution in [2.75, 3.05) is 20.3 Å². The lowest BCUT2D eigenvalue weighted by Crippen LogP contribution is -2.31. The zero-order valence-corrected chi connectivity index (χ0v) is 16.0. The number of methoxy groups -OCH3 is 1. The van der Waals surface area contributed by atoms with Crippen molar-refractivity contribution >= 4 is 11.6 Å². The van der Waals surface area contributed by atoms with E-state index in [1.165, 1.54) is 5.56 Å². The summed E-state index contributed by atoms with van der Waals surface area (Å²) in [7, 11) is 1.67. The fourth-order valence-electron chi connectivity index (χ4n) is 4.45. The molecule has 0 saturated carbocycles. The maximum Gasteiger partial charge on any atom is 0.240 e. The molecule has 0 spiro atoms. The number of carbonyl (C=O) groups is 1. The van der Waals surface area contributed by atoms with E-state index in [4.69, 9.17) is 19.3 Å². The van der Waals surface area contributed by atoms with Gasteiger partial charge in [0.05, 0.1) is 18.9 Å². The summed E-state index contributed by atoms with van der Waals surface area (Å²) in [6.45, 7) is 2.67. The first-order chi connectivity index (χ1) is 13.7. The summed E-state index contributed by atoms with van der Waals surface area (Å²) in [4.78, 5) is 12.4. The Bertz CT molecular complexity index is 984. The summed E-state index contributed by atoms with van der Waals surface area (Å²) in [5.74, 6) is 2.37. The molecule has 2 aromatic rings. The van der Waals surface area contributed by atoms with Crippen LogP contribution < -0.4 is 14.2 Å². The highest BCUT2D eigenvalue weighted by Crippen LogP contribution is 2.45. The molecule has 2 atom stereocenters. The number of carbonyl (C=O) groups excluding carboxylic acids is 1. The third-order valence-corrected chi connectivity index (χ3v) is 5.76. The molecule has 2 heterocycles. The first-order valence-electron chi connectivity index (χ1n) is 9.61. The average molecular weight is 378 g/mol. The van der Waals surface area contributed by atoms with Gasteiger partial charge in [-0.1, -0.05) is 12.1 Å². The van der Waals surface area contributed by atoms with Gasteiger partial charge in [-0.05, 0) is 48.2 Å². The van der Waals surface area contributed by atoms with Gasteiger partial charge in [-0.15, -0.1) is 0 Å². The Labute approximate surface area is 163 Å². The molecule has 0 unspecified atom stereocenters. The van der Waals surface area contributed by atoms with Crippen LogP contribution in [0.3, 0.4) is 0 Å². The third-order valence-electron chi connectivity index (χ3n) is 5.76. The minimum absolute atomic E-state index is 0.0637. The van der Waals surface area contributed by atoms with Gasteiger partial charge < -0.3 is 14.2 Å². The lowest BCUT2D eigenvalue weighted by molar-refractivity contribution is -0.131. The van der Waals surface area contributed by atoms with Crippen molar-refractivity contribution in [1.29, 1.82) is 0 Å². The second kappa shape index (κ2) is 6.55. The van der Waals surface area contributed by atoms with Gasteiger partial charge in [0.25, 0.3) is 0 Å². The fraction of sp³-hybridized carbons (Fsp3) is 0.364. The number of nitrogens with zero attached hydrogens (tertiary/aromatic N) is 2. The predicted molar refractivity (Wildman–Crippen MR) is 104 cm³/mol. The van der Waals surface area contributed by atoms with E-state index in [0.717, 1.165) is 46.9 Å². The average Bonchev–Trinajstić information content (AvgIpc) is 3.13. The monoisotopic (exact) mass is 378 g/mol. The number of amides is 1. The van der Waals surface area contributed by atoms with Crippen LogP contribution in [0.2, 0.25) is 0 Å². The molecular formula is C22H22N2O4. The van der Waals surface area contributed by atoms with Crippen LogP contribution in [0.15, 0.2) is 41.5 Å². The topological polar surface area (TPSA) is 60.4 Å². The summed E-state index contributed by atoms with van der Waals surface area (Å²) in [6.07, 6.45) is 1.90. The summed E-state index contributed by atoms with van der Waals surface area (Å²) >= 11 is 0. The molecule has 0 radical (unpaired) electrons. The molecule has 6 nitrogen and oxygen atoms in total. The van der Waals surface area contributed by atoms with Gasteiger partial charge in [-0.25, -0.2) is 5.01 Å². The molecule has 2 aliphatic heterocycles. The van der Waals surface area contributed by atoms with Gasteiger partial charge in [0.1, 0.15) is 19.0 Å². The summed E-state index contributed by atoms with van der Waals surface area (Å²) in [5, 5.41) is 6.39. The van der Waals surface area contributed by atoms with Crippen molar-refractivity contribution in [2.24, 2.45) is 11.0 Å². The first-order valence-corrected chi connectivity index (χ1v) is 9.61. The Hall–Kier alpha value is -3.02. The summed E-state index contributed by atoms with van der Waals surface area (Å²) in [6, 6.07) is 11.9. The second-order valence-corrected chi connectivity index (χ2v) is 7.37. The zero-order valence-electron chi connectivity index (χ0n) is 16.0. The molecule has 1 amide bonds. The second-order valence-electron chi connectivity index (χ2n) is 7.37. The van der Waals surface area contributed by atoms with Gasteiger partial charge >= 0.3 is 0 Å². The molecule has 28 heavy (non-hydrogen) atoms. The van der Waals surface area contributed by atoms with Crippen LogP contribution in [0.4, 0.5) is 0 Å². The Morgan fingerprint density at radius 1 is 1.14 bits per heavy atom. The van der Waals surface area contributed by atoms with E-state index in [1.807, 2.05) is 30.3 Å². The standard InChI is InChI=1S/C22H22N2O4/c1-13(25)24-22(15-5-8-19-20(11-15)28-10-9-27-19)17-7-4-14-3-6-16(26-2)12-18(14)21(17)23-24/h3,5-6,8,11-12,17,22H,4,7,9-10H2,1-2H3/t17-,22+/m1/s1. The van der Waals surface area contributed by atoms with Crippen molar-refractivity contribution in [1.82, 2.24) is 5.01 Å². The van der Waals surface area contributed by atoms with E-state index in [0.29, 0.717) is 13.2 Å². The summed E-state index contributed by atoms with van der Waals surface area (Å²) < 4.78 is 16.8. The number of hydrogen-bond donors (Lipinski definition) is 0. The van der Waals surface area contributed by atoms with Crippen LogP contribution in [-0.2, 0) is 11.2 Å². The highest BCUT2D eigenvalue weighted by molar-refractivity contribution is 6.07. The SMILES string of the molecule is COc1ccc2c(c1)C1=NN(C(C)=O)[C@@H](c3ccc4c(c3)OCCO4)[C@@H]1CC2. The number of hydrogen-bond acceptors (Lipinski definition) is 5. The van der Waals surface area contributed by atoms with Gasteiger partial charge in [-0.3, -0.25) is 4.79 Å². The molecule has 144 valence electrons. The molecule has 5 rings (SSSR count). The van der Waals surface area contributed by atoms with Crippen molar-refractivity contribution in [3.05, 3.63) is 53.1 Å². The maximum atomic E-state index is 12.4. The smallest absolute Gasteiger partial charge is 0.240 e. The molecule has 0 bridgehead atoms. The minimum atomic E-state index is -0.136. The number of fused-ring (bicyclic) bond motifs is 4. The fourth-order valence-corrected chi connectivity index (χ4v) is 4.45. The van der Waals surface area contributed by atoms with Crippen molar-refractivity contribution < 1.29 is 19.0 Å². The van der Waals surface area contributed by atoms with Crippen molar-refractivity contribution in [3.63, 3.8) is 0 Å². The van der Waals surface area contributed by atoms with Crippen molar-refractivity contribution in [3.8, 4) is 17.2 Å². The Morgan fingerprint density at radius 2 is 1.96 bits per heavy atom. The number of aryl methyl sites for hydroxylation is 1. The number of rotatable bonds is 2. The molecular weight excluding hydrogens is 356 g/mol. The highest BCUT2D eigenvalue weighted by Gasteiger charge is 2.43. The van der Waals surface area contributed by atoms with Crippen LogP contribution in [0.1, 0.15) is 36.1 Å². The molecule has 0 fully saturated rings. The molecule has 1 aliphatic carbocycles. The van der Waals surface area contributed by atoms with Crippen LogP contribution >= 0.6 is 0 Å². The molecule has 6 heteroatoms. The van der Waals surface area contributed by atoms with Crippen LogP contribution in [0, 0.1) is 5.92 Å². The Morgan fingerprint density at radius 3 is 2.75 bits per heavy atom. The highest BCUT2D eigenvalue weighted by atomic mass is 16.6. The van der Waals surface area contributed by atoms with Gasteiger partial charge in [0, 0.05) is 18.4 Å². The lowest BCUT2D eigenvalue weighted by atomic mass is 9.77. The number of benzene rings is 2. The quantitative estimate of drug-likeness (QED) is 0.804. The van der Waals surface area contributed by atoms with Crippen molar-refractivity contribution in [2.45, 2.75) is 25.8 Å². The minimum Gasteiger partial charge on any atom is -0.497 e. The van der Waals surface area contributed by atoms with E-state index < -0.39 is 0 Å². The van der Waals surface area contributed by atoms with Crippen LogP contribution in [-0.4, -0.2) is 37.0 Å².